The van der Waals surface area contributed by atoms with Crippen molar-refractivity contribution in [1.82, 2.24) is 10.2 Å². The van der Waals surface area contributed by atoms with Gasteiger partial charge in [0.15, 0.2) is 11.5 Å². The molecular weight excluding hydrogens is 376 g/mol. The Labute approximate surface area is 171 Å². The van der Waals surface area contributed by atoms with Crippen molar-refractivity contribution in [1.29, 1.82) is 0 Å². The van der Waals surface area contributed by atoms with Gasteiger partial charge in [0.05, 0.1) is 21.3 Å². The first kappa shape index (κ1) is 24.1. The third-order valence-electron chi connectivity index (χ3n) is 4.11. The van der Waals surface area contributed by atoms with Crippen LogP contribution in [0.3, 0.4) is 0 Å². The molecule has 0 aliphatic carbocycles. The Morgan fingerprint density at radius 3 is 2.03 bits per heavy atom. The molecule has 2 aromatic carbocycles. The molecule has 1 amide bonds. The third kappa shape index (κ3) is 6.85. The van der Waals surface area contributed by atoms with E-state index < -0.39 is 0 Å². The highest BCUT2D eigenvalue weighted by atomic mass is 16.5. The molecule has 0 atom stereocenters. The lowest BCUT2D eigenvalue weighted by Crippen LogP contribution is -2.23. The monoisotopic (exact) mass is 406 g/mol. The smallest absolute Gasteiger partial charge is 0.251 e. The van der Waals surface area contributed by atoms with Crippen LogP contribution in [0.5, 0.6) is 23.0 Å². The van der Waals surface area contributed by atoms with E-state index in [9.17, 15) is 4.79 Å². The van der Waals surface area contributed by atoms with Gasteiger partial charge in [-0.05, 0) is 43.9 Å². The predicted molar refractivity (Wildman–Crippen MR) is 111 cm³/mol. The Balaban J connectivity index is 0.00000420. The Bertz CT molecular complexity index is 752. The molecule has 0 spiro atoms. The van der Waals surface area contributed by atoms with Crippen LogP contribution >= 0.6 is 0 Å². The first-order valence-electron chi connectivity index (χ1n) is 8.93. The number of amides is 1. The number of hydrogen-bond donors (Lipinski definition) is 1. The molecule has 8 nitrogen and oxygen atoms in total. The van der Waals surface area contributed by atoms with Crippen LogP contribution in [-0.4, -0.2) is 64.9 Å². The molecule has 0 aliphatic rings. The highest BCUT2D eigenvalue weighted by molar-refractivity contribution is 5.95. The molecule has 0 heterocycles. The van der Waals surface area contributed by atoms with Crippen molar-refractivity contribution in [3.8, 4) is 23.0 Å². The van der Waals surface area contributed by atoms with Gasteiger partial charge in [0.25, 0.3) is 5.91 Å². The summed E-state index contributed by atoms with van der Waals surface area (Å²) in [6.45, 7) is 1.88. The average Bonchev–Trinajstić information content (AvgIpc) is 2.71. The maximum Gasteiger partial charge on any atom is 0.251 e. The largest absolute Gasteiger partial charge is 0.493 e. The minimum Gasteiger partial charge on any atom is -0.493 e. The van der Waals surface area contributed by atoms with E-state index in [1.54, 1.807) is 12.1 Å². The number of carbonyl (C=O) groups is 1. The van der Waals surface area contributed by atoms with Crippen molar-refractivity contribution in [2.45, 2.75) is 6.54 Å². The zero-order valence-corrected chi connectivity index (χ0v) is 17.6. The van der Waals surface area contributed by atoms with Gasteiger partial charge < -0.3 is 34.6 Å². The number of nitrogens with one attached hydrogen (secondary N) is 1. The SMILES string of the molecule is COc1cc(C(=O)NCc2ccc(OCCN(C)C)cc2)cc(OC)c1OC.O. The molecule has 8 heteroatoms. The lowest BCUT2D eigenvalue weighted by molar-refractivity contribution is 0.0950. The van der Waals surface area contributed by atoms with Crippen molar-refractivity contribution < 1.29 is 29.2 Å². The number of rotatable bonds is 10. The number of carbonyl (C=O) groups excluding carboxylic acids is 1. The average molecular weight is 406 g/mol. The topological polar surface area (TPSA) is 101 Å². The summed E-state index contributed by atoms with van der Waals surface area (Å²) < 4.78 is 21.5. The Kier molecular flexibility index (Phi) is 9.78. The third-order valence-corrected chi connectivity index (χ3v) is 4.11. The molecule has 0 saturated heterocycles. The van der Waals surface area contributed by atoms with Crippen LogP contribution in [0, 0.1) is 0 Å². The summed E-state index contributed by atoms with van der Waals surface area (Å²) in [6.07, 6.45) is 0. The summed E-state index contributed by atoms with van der Waals surface area (Å²) in [5.41, 5.74) is 1.40. The van der Waals surface area contributed by atoms with Gasteiger partial charge in [-0.1, -0.05) is 12.1 Å². The van der Waals surface area contributed by atoms with Crippen LogP contribution in [0.15, 0.2) is 36.4 Å². The minimum absolute atomic E-state index is 0. The van der Waals surface area contributed by atoms with Gasteiger partial charge in [0.1, 0.15) is 12.4 Å². The quantitative estimate of drug-likeness (QED) is 0.645. The van der Waals surface area contributed by atoms with Crippen LogP contribution in [0.4, 0.5) is 0 Å². The van der Waals surface area contributed by atoms with Crippen LogP contribution in [0.1, 0.15) is 15.9 Å². The maximum absolute atomic E-state index is 12.5. The molecule has 0 fully saturated rings. The molecule has 2 aromatic rings. The van der Waals surface area contributed by atoms with Gasteiger partial charge >= 0.3 is 0 Å². The Morgan fingerprint density at radius 1 is 0.966 bits per heavy atom. The van der Waals surface area contributed by atoms with Gasteiger partial charge in [-0.3, -0.25) is 4.79 Å². The lowest BCUT2D eigenvalue weighted by atomic mass is 10.1. The molecule has 0 radical (unpaired) electrons. The van der Waals surface area contributed by atoms with Crippen LogP contribution < -0.4 is 24.3 Å². The second-order valence-corrected chi connectivity index (χ2v) is 6.39. The fourth-order valence-corrected chi connectivity index (χ4v) is 2.55. The van der Waals surface area contributed by atoms with Gasteiger partial charge in [-0.25, -0.2) is 0 Å². The highest BCUT2D eigenvalue weighted by Crippen LogP contribution is 2.38. The molecule has 0 bridgehead atoms. The standard InChI is InChI=1S/C21H28N2O5.H2O/c1-23(2)10-11-28-17-8-6-15(7-9-17)14-22-21(24)16-12-18(25-3)20(27-5)19(13-16)26-4;/h6-9,12-13H,10-11,14H2,1-5H3,(H,22,24);1H2. The van der Waals surface area contributed by atoms with Crippen molar-refractivity contribution in [2.75, 3.05) is 48.6 Å². The molecule has 160 valence electrons. The number of likely N-dealkylation sites (N-methyl/N-ethyl adjacent to an activating group) is 1. The first-order chi connectivity index (χ1) is 13.5. The van der Waals surface area contributed by atoms with E-state index in [2.05, 4.69) is 10.2 Å². The van der Waals surface area contributed by atoms with Gasteiger partial charge in [-0.2, -0.15) is 0 Å². The highest BCUT2D eigenvalue weighted by Gasteiger charge is 2.16. The van der Waals surface area contributed by atoms with E-state index >= 15 is 0 Å². The van der Waals surface area contributed by atoms with E-state index in [1.165, 1.54) is 21.3 Å². The minimum atomic E-state index is -0.231. The Morgan fingerprint density at radius 2 is 1.55 bits per heavy atom. The molecule has 0 saturated carbocycles. The van der Waals surface area contributed by atoms with E-state index in [-0.39, 0.29) is 11.4 Å². The molecule has 2 rings (SSSR count). The Hall–Kier alpha value is -2.97. The van der Waals surface area contributed by atoms with Gasteiger partial charge in [0.2, 0.25) is 5.75 Å². The second kappa shape index (κ2) is 11.8. The number of ether oxygens (including phenoxy) is 4. The van der Waals surface area contributed by atoms with Gasteiger partial charge in [-0.15, -0.1) is 0 Å². The maximum atomic E-state index is 12.5. The van der Waals surface area contributed by atoms with E-state index in [0.29, 0.717) is 36.0 Å². The fourth-order valence-electron chi connectivity index (χ4n) is 2.55. The lowest BCUT2D eigenvalue weighted by Gasteiger charge is -2.14. The van der Waals surface area contributed by atoms with Crippen LogP contribution in [0.25, 0.3) is 0 Å². The van der Waals surface area contributed by atoms with E-state index in [1.807, 2.05) is 38.4 Å². The van der Waals surface area contributed by atoms with Crippen LogP contribution in [0.2, 0.25) is 0 Å². The normalized spacial score (nSPS) is 10.1. The predicted octanol–water partition coefficient (Wildman–Crippen LogP) is 1.76. The van der Waals surface area contributed by atoms with Crippen molar-refractivity contribution in [3.05, 3.63) is 47.5 Å². The number of hydrogen-bond acceptors (Lipinski definition) is 6. The summed E-state index contributed by atoms with van der Waals surface area (Å²) >= 11 is 0. The van der Waals surface area contributed by atoms with Crippen molar-refractivity contribution in [3.63, 3.8) is 0 Å². The molecule has 0 unspecified atom stereocenters. The zero-order valence-electron chi connectivity index (χ0n) is 17.6. The molecule has 0 aromatic heterocycles. The van der Waals surface area contributed by atoms with E-state index in [0.717, 1.165) is 17.9 Å². The summed E-state index contributed by atoms with van der Waals surface area (Å²) in [5.74, 6) is 1.90. The summed E-state index contributed by atoms with van der Waals surface area (Å²) in [5, 5.41) is 2.89. The zero-order chi connectivity index (χ0) is 20.5. The molecule has 3 N–H and O–H groups in total. The van der Waals surface area contributed by atoms with Crippen LogP contribution in [-0.2, 0) is 6.54 Å². The number of methoxy groups -OCH3 is 3. The van der Waals surface area contributed by atoms with Crippen molar-refractivity contribution >= 4 is 5.91 Å². The van der Waals surface area contributed by atoms with Crippen molar-refractivity contribution in [2.24, 2.45) is 0 Å². The summed E-state index contributed by atoms with van der Waals surface area (Å²) in [6, 6.07) is 10.9. The van der Waals surface area contributed by atoms with E-state index in [4.69, 9.17) is 18.9 Å². The fraction of sp³-hybridized carbons (Fsp3) is 0.381. The molecule has 0 aliphatic heterocycles. The number of benzene rings is 2. The second-order valence-electron chi connectivity index (χ2n) is 6.39. The molecular formula is C21H30N2O6. The number of nitrogens with zero attached hydrogens (tertiary/aromatic N) is 1. The first-order valence-corrected chi connectivity index (χ1v) is 8.93. The summed E-state index contributed by atoms with van der Waals surface area (Å²) in [7, 11) is 8.56. The molecule has 29 heavy (non-hydrogen) atoms. The summed E-state index contributed by atoms with van der Waals surface area (Å²) in [4.78, 5) is 14.6. The van der Waals surface area contributed by atoms with Gasteiger partial charge in [0, 0.05) is 18.7 Å².